The van der Waals surface area contributed by atoms with Crippen molar-refractivity contribution < 1.29 is 18.8 Å². The van der Waals surface area contributed by atoms with Crippen molar-refractivity contribution >= 4 is 11.7 Å². The molecule has 2 rings (SSSR count). The van der Waals surface area contributed by atoms with Gasteiger partial charge in [-0.3, -0.25) is 4.79 Å². The van der Waals surface area contributed by atoms with Gasteiger partial charge in [0, 0.05) is 6.07 Å². The number of nitrogens with zero attached hydrogens (tertiary/aromatic N) is 1. The van der Waals surface area contributed by atoms with Crippen LogP contribution in [0.3, 0.4) is 0 Å². The molecule has 0 aliphatic heterocycles. The molecule has 1 aromatic heterocycles. The SMILES string of the molecule is COc1ccc(O[C@H](C)C(=O)Nc2cc(C)on2)cc1. The van der Waals surface area contributed by atoms with E-state index in [9.17, 15) is 4.79 Å². The number of hydrogen-bond acceptors (Lipinski definition) is 5. The molecule has 0 spiro atoms. The number of amides is 1. The maximum atomic E-state index is 11.9. The van der Waals surface area contributed by atoms with Crippen molar-refractivity contribution in [2.45, 2.75) is 20.0 Å². The van der Waals surface area contributed by atoms with Gasteiger partial charge in [-0.05, 0) is 38.1 Å². The first-order valence-corrected chi connectivity index (χ1v) is 6.13. The first-order chi connectivity index (χ1) is 9.58. The number of carbonyl (C=O) groups excluding carboxylic acids is 1. The number of methoxy groups -OCH3 is 1. The summed E-state index contributed by atoms with van der Waals surface area (Å²) in [4.78, 5) is 11.9. The maximum Gasteiger partial charge on any atom is 0.266 e. The summed E-state index contributed by atoms with van der Waals surface area (Å²) in [7, 11) is 1.59. The Kier molecular flexibility index (Phi) is 4.24. The van der Waals surface area contributed by atoms with Gasteiger partial charge in [0.15, 0.2) is 11.9 Å². The standard InChI is InChI=1S/C14H16N2O4/c1-9-8-13(16-20-9)15-14(17)10(2)19-12-6-4-11(18-3)5-7-12/h4-8,10H,1-3H3,(H,15,16,17)/t10-/m1/s1. The monoisotopic (exact) mass is 276 g/mol. The molecule has 6 heteroatoms. The van der Waals surface area contributed by atoms with Gasteiger partial charge in [-0.15, -0.1) is 0 Å². The van der Waals surface area contributed by atoms with E-state index in [0.29, 0.717) is 17.3 Å². The molecule has 0 saturated carbocycles. The van der Waals surface area contributed by atoms with Crippen molar-refractivity contribution in [2.75, 3.05) is 12.4 Å². The Hall–Kier alpha value is -2.50. The van der Waals surface area contributed by atoms with E-state index >= 15 is 0 Å². The number of benzene rings is 1. The van der Waals surface area contributed by atoms with Crippen molar-refractivity contribution in [3.05, 3.63) is 36.1 Å². The highest BCUT2D eigenvalue weighted by Gasteiger charge is 2.16. The molecule has 1 heterocycles. The van der Waals surface area contributed by atoms with Crippen LogP contribution in [0.1, 0.15) is 12.7 Å². The van der Waals surface area contributed by atoms with Gasteiger partial charge < -0.3 is 19.3 Å². The second-order valence-electron chi connectivity index (χ2n) is 4.25. The van der Waals surface area contributed by atoms with Crippen molar-refractivity contribution in [3.63, 3.8) is 0 Å². The summed E-state index contributed by atoms with van der Waals surface area (Å²) in [5, 5.41) is 6.30. The molecule has 2 aromatic rings. The van der Waals surface area contributed by atoms with E-state index in [1.807, 2.05) is 0 Å². The summed E-state index contributed by atoms with van der Waals surface area (Å²) in [6, 6.07) is 8.64. The van der Waals surface area contributed by atoms with E-state index in [0.717, 1.165) is 5.75 Å². The number of carbonyl (C=O) groups is 1. The van der Waals surface area contributed by atoms with Crippen molar-refractivity contribution in [2.24, 2.45) is 0 Å². The predicted octanol–water partition coefficient (Wildman–Crippen LogP) is 2.40. The van der Waals surface area contributed by atoms with Crippen LogP contribution in [0, 0.1) is 6.92 Å². The third-order valence-corrected chi connectivity index (χ3v) is 2.62. The van der Waals surface area contributed by atoms with E-state index in [1.54, 1.807) is 51.3 Å². The number of ether oxygens (including phenoxy) is 2. The predicted molar refractivity (Wildman–Crippen MR) is 73.0 cm³/mol. The van der Waals surface area contributed by atoms with Crippen molar-refractivity contribution in [1.82, 2.24) is 5.16 Å². The third kappa shape index (κ3) is 3.50. The normalized spacial score (nSPS) is 11.8. The lowest BCUT2D eigenvalue weighted by atomic mass is 10.3. The Morgan fingerprint density at radius 2 is 1.95 bits per heavy atom. The van der Waals surface area contributed by atoms with Gasteiger partial charge in [0.1, 0.15) is 17.3 Å². The zero-order valence-corrected chi connectivity index (χ0v) is 11.5. The van der Waals surface area contributed by atoms with E-state index in [1.165, 1.54) is 0 Å². The minimum atomic E-state index is -0.652. The molecular formula is C14H16N2O4. The van der Waals surface area contributed by atoms with Crippen molar-refractivity contribution in [1.29, 1.82) is 0 Å². The zero-order chi connectivity index (χ0) is 14.5. The Bertz CT molecular complexity index is 577. The first-order valence-electron chi connectivity index (χ1n) is 6.13. The zero-order valence-electron chi connectivity index (χ0n) is 11.5. The lowest BCUT2D eigenvalue weighted by Gasteiger charge is -2.13. The number of hydrogen-bond donors (Lipinski definition) is 1. The quantitative estimate of drug-likeness (QED) is 0.907. The molecular weight excluding hydrogens is 260 g/mol. The Labute approximate surface area is 116 Å². The Morgan fingerprint density at radius 1 is 1.30 bits per heavy atom. The number of aromatic nitrogens is 1. The van der Waals surface area contributed by atoms with Gasteiger partial charge in [-0.25, -0.2) is 0 Å². The molecule has 106 valence electrons. The molecule has 1 atom stereocenters. The highest BCUT2D eigenvalue weighted by molar-refractivity contribution is 5.93. The summed E-state index contributed by atoms with van der Waals surface area (Å²) in [5.74, 6) is 2.02. The molecule has 0 bridgehead atoms. The fourth-order valence-electron chi connectivity index (χ4n) is 1.57. The molecule has 1 amide bonds. The second-order valence-corrected chi connectivity index (χ2v) is 4.25. The topological polar surface area (TPSA) is 73.6 Å². The Balaban J connectivity index is 1.92. The third-order valence-electron chi connectivity index (χ3n) is 2.62. The molecule has 0 saturated heterocycles. The number of anilines is 1. The van der Waals surface area contributed by atoms with E-state index in [4.69, 9.17) is 14.0 Å². The molecule has 1 N–H and O–H groups in total. The summed E-state index contributed by atoms with van der Waals surface area (Å²) < 4.78 is 15.4. The van der Waals surface area contributed by atoms with Crippen LogP contribution in [-0.4, -0.2) is 24.3 Å². The van der Waals surface area contributed by atoms with Crippen LogP contribution in [0.25, 0.3) is 0 Å². The van der Waals surface area contributed by atoms with Crippen LogP contribution in [0.4, 0.5) is 5.82 Å². The van der Waals surface area contributed by atoms with Crippen LogP contribution in [0.2, 0.25) is 0 Å². The molecule has 6 nitrogen and oxygen atoms in total. The summed E-state index contributed by atoms with van der Waals surface area (Å²) in [6.07, 6.45) is -0.652. The van der Waals surface area contributed by atoms with Gasteiger partial charge >= 0.3 is 0 Å². The molecule has 20 heavy (non-hydrogen) atoms. The van der Waals surface area contributed by atoms with Gasteiger partial charge in [0.25, 0.3) is 5.91 Å². The Morgan fingerprint density at radius 3 is 2.50 bits per heavy atom. The summed E-state index contributed by atoms with van der Waals surface area (Å²) in [5.41, 5.74) is 0. The van der Waals surface area contributed by atoms with Gasteiger partial charge in [0.05, 0.1) is 7.11 Å². The minimum absolute atomic E-state index is 0.297. The van der Waals surface area contributed by atoms with E-state index in [-0.39, 0.29) is 5.91 Å². The average Bonchev–Trinajstić information content (AvgIpc) is 2.85. The fourth-order valence-corrected chi connectivity index (χ4v) is 1.57. The maximum absolute atomic E-state index is 11.9. The van der Waals surface area contributed by atoms with Crippen LogP contribution >= 0.6 is 0 Å². The van der Waals surface area contributed by atoms with Crippen LogP contribution in [0.15, 0.2) is 34.9 Å². The second kappa shape index (κ2) is 6.10. The highest BCUT2D eigenvalue weighted by atomic mass is 16.5. The lowest BCUT2D eigenvalue weighted by Crippen LogP contribution is -2.30. The van der Waals surface area contributed by atoms with Gasteiger partial charge in [-0.1, -0.05) is 5.16 Å². The molecule has 0 fully saturated rings. The van der Waals surface area contributed by atoms with Gasteiger partial charge in [-0.2, -0.15) is 0 Å². The summed E-state index contributed by atoms with van der Waals surface area (Å²) >= 11 is 0. The largest absolute Gasteiger partial charge is 0.497 e. The highest BCUT2D eigenvalue weighted by Crippen LogP contribution is 2.18. The smallest absolute Gasteiger partial charge is 0.266 e. The van der Waals surface area contributed by atoms with Crippen LogP contribution in [-0.2, 0) is 4.79 Å². The molecule has 0 aliphatic carbocycles. The molecule has 0 unspecified atom stereocenters. The minimum Gasteiger partial charge on any atom is -0.497 e. The van der Waals surface area contributed by atoms with E-state index < -0.39 is 6.10 Å². The lowest BCUT2D eigenvalue weighted by molar-refractivity contribution is -0.122. The number of nitrogens with one attached hydrogen (secondary N) is 1. The molecule has 0 aliphatic rings. The number of aryl methyl sites for hydroxylation is 1. The molecule has 0 radical (unpaired) electrons. The van der Waals surface area contributed by atoms with Crippen molar-refractivity contribution in [3.8, 4) is 11.5 Å². The first kappa shape index (κ1) is 13.9. The fraction of sp³-hybridized carbons (Fsp3) is 0.286. The average molecular weight is 276 g/mol. The van der Waals surface area contributed by atoms with E-state index in [2.05, 4.69) is 10.5 Å². The van der Waals surface area contributed by atoms with Gasteiger partial charge in [0.2, 0.25) is 0 Å². The van der Waals surface area contributed by atoms with Crippen LogP contribution < -0.4 is 14.8 Å². The van der Waals surface area contributed by atoms with Crippen LogP contribution in [0.5, 0.6) is 11.5 Å². The molecule has 1 aromatic carbocycles. The number of rotatable bonds is 5. The summed E-state index contributed by atoms with van der Waals surface area (Å²) in [6.45, 7) is 3.41.